The lowest BCUT2D eigenvalue weighted by atomic mass is 9.73. The van der Waals surface area contributed by atoms with E-state index in [4.69, 9.17) is 4.42 Å². The van der Waals surface area contributed by atoms with Crippen LogP contribution < -0.4 is 0 Å². The summed E-state index contributed by atoms with van der Waals surface area (Å²) >= 11 is 0. The molecule has 0 aliphatic carbocycles. The summed E-state index contributed by atoms with van der Waals surface area (Å²) < 4.78 is 5.58. The van der Waals surface area contributed by atoms with Crippen molar-refractivity contribution < 1.29 is 14.3 Å². The van der Waals surface area contributed by atoms with Gasteiger partial charge in [-0.3, -0.25) is 14.7 Å². The molecule has 2 heterocycles. The van der Waals surface area contributed by atoms with Crippen molar-refractivity contribution in [2.45, 2.75) is 47.0 Å². The number of rotatable bonds is 7. The van der Waals surface area contributed by atoms with E-state index in [1.54, 1.807) is 13.3 Å². The summed E-state index contributed by atoms with van der Waals surface area (Å²) in [5.41, 5.74) is 2.20. The molecule has 0 spiro atoms. The van der Waals surface area contributed by atoms with Crippen LogP contribution in [0.25, 0.3) is 5.57 Å². The molecule has 1 aliphatic rings. The molecule has 2 rings (SSSR count). The van der Waals surface area contributed by atoms with Gasteiger partial charge < -0.3 is 9.52 Å². The Kier molecular flexibility index (Phi) is 7.42. The quantitative estimate of drug-likeness (QED) is 0.708. The molecule has 0 radical (unpaired) electrons. The van der Waals surface area contributed by atoms with Crippen LogP contribution in [0.4, 0.5) is 0 Å². The SMILES string of the molecule is CCC/C(=C\C(CN1CC(C(=O)O)CC(C(C)(C)C)C1)=NC)c1ccco1. The summed E-state index contributed by atoms with van der Waals surface area (Å²) in [5.74, 6) is 0.231. The van der Waals surface area contributed by atoms with Gasteiger partial charge >= 0.3 is 5.97 Å². The molecule has 5 heteroatoms. The third kappa shape index (κ3) is 6.06. The first-order valence-corrected chi connectivity index (χ1v) is 9.89. The third-order valence-corrected chi connectivity index (χ3v) is 5.47. The number of carboxylic acid groups (broad SMARTS) is 1. The van der Waals surface area contributed by atoms with E-state index in [0.717, 1.165) is 42.9 Å². The average Bonchev–Trinajstić information content (AvgIpc) is 3.14. The summed E-state index contributed by atoms with van der Waals surface area (Å²) in [6, 6.07) is 3.88. The minimum absolute atomic E-state index is 0.0905. The van der Waals surface area contributed by atoms with Gasteiger partial charge in [0.2, 0.25) is 0 Å². The van der Waals surface area contributed by atoms with Crippen LogP contribution >= 0.6 is 0 Å². The van der Waals surface area contributed by atoms with Gasteiger partial charge in [0.1, 0.15) is 5.76 Å². The first-order chi connectivity index (χ1) is 12.7. The van der Waals surface area contributed by atoms with Gasteiger partial charge in [-0.05, 0) is 48.0 Å². The van der Waals surface area contributed by atoms with Crippen LogP contribution in [0, 0.1) is 17.3 Å². The molecule has 1 N–H and O–H groups in total. The molecule has 0 saturated carbocycles. The van der Waals surface area contributed by atoms with Crippen molar-refractivity contribution in [2.24, 2.45) is 22.2 Å². The smallest absolute Gasteiger partial charge is 0.307 e. The highest BCUT2D eigenvalue weighted by Gasteiger charge is 2.37. The van der Waals surface area contributed by atoms with E-state index in [-0.39, 0.29) is 11.3 Å². The van der Waals surface area contributed by atoms with Gasteiger partial charge in [0.15, 0.2) is 0 Å². The number of furan rings is 1. The first-order valence-electron chi connectivity index (χ1n) is 9.89. The number of hydrogen-bond acceptors (Lipinski definition) is 4. The lowest BCUT2D eigenvalue weighted by molar-refractivity contribution is -0.145. The predicted molar refractivity (Wildman–Crippen MR) is 110 cm³/mol. The topological polar surface area (TPSA) is 66.0 Å². The summed E-state index contributed by atoms with van der Waals surface area (Å²) in [6.07, 6.45) is 6.50. The molecule has 1 aliphatic heterocycles. The number of nitrogens with zero attached hydrogens (tertiary/aromatic N) is 2. The number of carboxylic acids is 1. The predicted octanol–water partition coefficient (Wildman–Crippen LogP) is 4.60. The molecule has 2 unspecified atom stereocenters. The van der Waals surface area contributed by atoms with Crippen LogP contribution in [-0.2, 0) is 4.79 Å². The van der Waals surface area contributed by atoms with E-state index in [9.17, 15) is 9.90 Å². The Labute approximate surface area is 163 Å². The molecule has 1 saturated heterocycles. The van der Waals surface area contributed by atoms with Gasteiger partial charge in [-0.1, -0.05) is 34.1 Å². The molecular formula is C22H34N2O3. The normalized spacial score (nSPS) is 22.9. The summed E-state index contributed by atoms with van der Waals surface area (Å²) in [6.45, 7) is 10.9. The fraction of sp³-hybridized carbons (Fsp3) is 0.636. The Balaban J connectivity index is 2.18. The molecule has 0 bridgehead atoms. The molecule has 1 aromatic rings. The van der Waals surface area contributed by atoms with Gasteiger partial charge in [0.05, 0.1) is 12.2 Å². The first kappa shape index (κ1) is 21.4. The molecule has 150 valence electrons. The number of aliphatic imine (C=N–C) groups is 1. The molecule has 5 nitrogen and oxygen atoms in total. The molecule has 0 amide bonds. The summed E-state index contributed by atoms with van der Waals surface area (Å²) in [4.78, 5) is 18.4. The van der Waals surface area contributed by atoms with E-state index >= 15 is 0 Å². The van der Waals surface area contributed by atoms with Crippen molar-refractivity contribution >= 4 is 17.3 Å². The zero-order valence-corrected chi connectivity index (χ0v) is 17.4. The molecule has 1 fully saturated rings. The molecule has 1 aromatic heterocycles. The zero-order chi connectivity index (χ0) is 20.0. The van der Waals surface area contributed by atoms with Crippen molar-refractivity contribution in [3.63, 3.8) is 0 Å². The van der Waals surface area contributed by atoms with Crippen molar-refractivity contribution in [3.05, 3.63) is 30.2 Å². The second-order valence-corrected chi connectivity index (χ2v) is 8.64. The number of likely N-dealkylation sites (tertiary alicyclic amines) is 1. The number of hydrogen-bond donors (Lipinski definition) is 1. The summed E-state index contributed by atoms with van der Waals surface area (Å²) in [7, 11) is 1.80. The van der Waals surface area contributed by atoms with E-state index in [2.05, 4.69) is 43.7 Å². The number of aliphatic carboxylic acids is 1. The van der Waals surface area contributed by atoms with Crippen molar-refractivity contribution in [1.29, 1.82) is 0 Å². The van der Waals surface area contributed by atoms with Crippen molar-refractivity contribution in [1.82, 2.24) is 4.90 Å². The Morgan fingerprint density at radius 3 is 2.67 bits per heavy atom. The molecule has 2 atom stereocenters. The van der Waals surface area contributed by atoms with Crippen LogP contribution in [-0.4, -0.2) is 48.4 Å². The van der Waals surface area contributed by atoms with Crippen molar-refractivity contribution in [3.8, 4) is 0 Å². The van der Waals surface area contributed by atoms with E-state index in [1.807, 2.05) is 12.1 Å². The van der Waals surface area contributed by atoms with Gasteiger partial charge in [-0.25, -0.2) is 0 Å². The second kappa shape index (κ2) is 9.36. The lowest BCUT2D eigenvalue weighted by Crippen LogP contribution is -2.48. The average molecular weight is 375 g/mol. The number of carbonyl (C=O) groups is 1. The molecular weight excluding hydrogens is 340 g/mol. The van der Waals surface area contributed by atoms with Crippen LogP contribution in [0.5, 0.6) is 0 Å². The minimum Gasteiger partial charge on any atom is -0.481 e. The van der Waals surface area contributed by atoms with Crippen LogP contribution in [0.3, 0.4) is 0 Å². The monoisotopic (exact) mass is 374 g/mol. The molecule has 0 aromatic carbocycles. The Bertz CT molecular complexity index is 668. The van der Waals surface area contributed by atoms with Gasteiger partial charge in [0, 0.05) is 32.4 Å². The van der Waals surface area contributed by atoms with Crippen LogP contribution in [0.1, 0.15) is 52.7 Å². The van der Waals surface area contributed by atoms with E-state index < -0.39 is 5.97 Å². The highest BCUT2D eigenvalue weighted by molar-refractivity contribution is 6.01. The van der Waals surface area contributed by atoms with E-state index in [0.29, 0.717) is 19.0 Å². The highest BCUT2D eigenvalue weighted by atomic mass is 16.4. The Morgan fingerprint density at radius 2 is 2.15 bits per heavy atom. The van der Waals surface area contributed by atoms with Crippen molar-refractivity contribution in [2.75, 3.05) is 26.7 Å². The fourth-order valence-electron chi connectivity index (χ4n) is 3.73. The fourth-order valence-corrected chi connectivity index (χ4v) is 3.73. The zero-order valence-electron chi connectivity index (χ0n) is 17.4. The van der Waals surface area contributed by atoms with Crippen LogP contribution in [0.2, 0.25) is 0 Å². The van der Waals surface area contributed by atoms with Gasteiger partial charge in [-0.15, -0.1) is 0 Å². The Hall–Kier alpha value is -1.88. The number of piperidine rings is 1. The van der Waals surface area contributed by atoms with Gasteiger partial charge in [0.25, 0.3) is 0 Å². The maximum Gasteiger partial charge on any atom is 0.307 e. The van der Waals surface area contributed by atoms with Gasteiger partial charge in [-0.2, -0.15) is 0 Å². The minimum atomic E-state index is -0.693. The Morgan fingerprint density at radius 1 is 1.41 bits per heavy atom. The number of allylic oxidation sites excluding steroid dienone is 1. The third-order valence-electron chi connectivity index (χ3n) is 5.47. The van der Waals surface area contributed by atoms with Crippen LogP contribution in [0.15, 0.2) is 33.9 Å². The lowest BCUT2D eigenvalue weighted by Gasteiger charge is -2.42. The second-order valence-electron chi connectivity index (χ2n) is 8.64. The maximum atomic E-state index is 11.7. The molecule has 27 heavy (non-hydrogen) atoms. The summed E-state index contributed by atoms with van der Waals surface area (Å²) in [5, 5.41) is 9.59. The largest absolute Gasteiger partial charge is 0.481 e. The standard InChI is InChI=1S/C22H34N2O3/c1-6-8-16(20-9-7-10-27-20)12-19(23-5)15-24-13-17(21(25)26)11-18(14-24)22(2,3)4/h7,9-10,12,17-18H,6,8,11,13-15H2,1-5H3,(H,25,26)/b16-12+,23-19?. The highest BCUT2D eigenvalue weighted by Crippen LogP contribution is 2.35. The van der Waals surface area contributed by atoms with E-state index in [1.165, 1.54) is 0 Å². The maximum absolute atomic E-state index is 11.7.